The van der Waals surface area contributed by atoms with Gasteiger partial charge in [0.05, 0.1) is 6.20 Å². The molecule has 1 aromatic carbocycles. The smallest absolute Gasteiger partial charge is 0.224 e. The third kappa shape index (κ3) is 3.79. The van der Waals surface area contributed by atoms with E-state index in [1.807, 2.05) is 0 Å². The van der Waals surface area contributed by atoms with Gasteiger partial charge in [0.2, 0.25) is 5.95 Å². The van der Waals surface area contributed by atoms with Crippen molar-refractivity contribution in [2.24, 2.45) is 0 Å². The fourth-order valence-electron chi connectivity index (χ4n) is 1.59. The Labute approximate surface area is 116 Å². The molecule has 0 bridgehead atoms. The van der Waals surface area contributed by atoms with Gasteiger partial charge in [-0.3, -0.25) is 0 Å². The standard InChI is InChI=1S/C13H14ClFN4/c1-16-13-18-8-11(14)12(19-13)17-7-6-9-2-4-10(15)5-3-9/h2-5,8H,6-7H2,1H3,(H2,16,17,18,19). The molecule has 0 aliphatic rings. The Kier molecular flexibility index (Phi) is 4.52. The first kappa shape index (κ1) is 13.5. The molecular weight excluding hydrogens is 267 g/mol. The zero-order valence-corrected chi connectivity index (χ0v) is 11.2. The van der Waals surface area contributed by atoms with E-state index in [9.17, 15) is 4.39 Å². The van der Waals surface area contributed by atoms with Gasteiger partial charge in [-0.05, 0) is 24.1 Å². The van der Waals surface area contributed by atoms with Gasteiger partial charge in [0.15, 0.2) is 0 Å². The molecule has 2 N–H and O–H groups in total. The highest BCUT2D eigenvalue weighted by molar-refractivity contribution is 6.32. The minimum Gasteiger partial charge on any atom is -0.368 e. The van der Waals surface area contributed by atoms with Crippen molar-refractivity contribution in [2.45, 2.75) is 6.42 Å². The average molecular weight is 281 g/mol. The first-order valence-electron chi connectivity index (χ1n) is 5.87. The third-order valence-corrected chi connectivity index (χ3v) is 2.86. The summed E-state index contributed by atoms with van der Waals surface area (Å²) in [4.78, 5) is 8.21. The quantitative estimate of drug-likeness (QED) is 0.884. The Morgan fingerprint density at radius 3 is 2.68 bits per heavy atom. The SMILES string of the molecule is CNc1ncc(Cl)c(NCCc2ccc(F)cc2)n1. The number of nitrogens with zero attached hydrogens (tertiary/aromatic N) is 2. The van der Waals surface area contributed by atoms with Crippen LogP contribution >= 0.6 is 11.6 Å². The third-order valence-electron chi connectivity index (χ3n) is 2.59. The van der Waals surface area contributed by atoms with E-state index in [4.69, 9.17) is 11.6 Å². The number of nitrogens with one attached hydrogen (secondary N) is 2. The lowest BCUT2D eigenvalue weighted by Crippen LogP contribution is -2.08. The van der Waals surface area contributed by atoms with E-state index in [1.165, 1.54) is 12.1 Å². The summed E-state index contributed by atoms with van der Waals surface area (Å²) < 4.78 is 12.8. The number of anilines is 2. The van der Waals surface area contributed by atoms with Crippen LogP contribution in [-0.4, -0.2) is 23.6 Å². The van der Waals surface area contributed by atoms with E-state index in [2.05, 4.69) is 20.6 Å². The van der Waals surface area contributed by atoms with Gasteiger partial charge in [-0.1, -0.05) is 23.7 Å². The van der Waals surface area contributed by atoms with Crippen LogP contribution in [0.4, 0.5) is 16.2 Å². The van der Waals surface area contributed by atoms with Crippen LogP contribution in [0.2, 0.25) is 5.02 Å². The van der Waals surface area contributed by atoms with E-state index in [-0.39, 0.29) is 5.82 Å². The summed E-state index contributed by atoms with van der Waals surface area (Å²) in [7, 11) is 1.74. The van der Waals surface area contributed by atoms with Crippen molar-refractivity contribution in [3.63, 3.8) is 0 Å². The highest BCUT2D eigenvalue weighted by Gasteiger charge is 2.04. The molecule has 2 aromatic rings. The molecule has 0 saturated carbocycles. The summed E-state index contributed by atoms with van der Waals surface area (Å²) >= 11 is 5.99. The number of hydrogen-bond acceptors (Lipinski definition) is 4. The van der Waals surface area contributed by atoms with Crippen LogP contribution in [0.5, 0.6) is 0 Å². The number of hydrogen-bond donors (Lipinski definition) is 2. The Balaban J connectivity index is 1.93. The van der Waals surface area contributed by atoms with Gasteiger partial charge in [-0.25, -0.2) is 9.37 Å². The van der Waals surface area contributed by atoms with Crippen molar-refractivity contribution in [1.82, 2.24) is 9.97 Å². The monoisotopic (exact) mass is 280 g/mol. The van der Waals surface area contributed by atoms with E-state index >= 15 is 0 Å². The predicted octanol–water partition coefficient (Wildman–Crippen LogP) is 2.97. The van der Waals surface area contributed by atoms with Crippen LogP contribution in [-0.2, 0) is 6.42 Å². The van der Waals surface area contributed by atoms with Crippen LogP contribution in [0, 0.1) is 5.82 Å². The molecule has 1 aromatic heterocycles. The molecule has 4 nitrogen and oxygen atoms in total. The molecule has 0 spiro atoms. The van der Waals surface area contributed by atoms with Gasteiger partial charge < -0.3 is 10.6 Å². The van der Waals surface area contributed by atoms with Gasteiger partial charge in [-0.15, -0.1) is 0 Å². The van der Waals surface area contributed by atoms with Crippen molar-refractivity contribution < 1.29 is 4.39 Å². The van der Waals surface area contributed by atoms with Crippen molar-refractivity contribution >= 4 is 23.4 Å². The molecular formula is C13H14ClFN4. The topological polar surface area (TPSA) is 49.8 Å². The first-order chi connectivity index (χ1) is 9.19. The normalized spacial score (nSPS) is 10.3. The van der Waals surface area contributed by atoms with Crippen molar-refractivity contribution in [1.29, 1.82) is 0 Å². The summed E-state index contributed by atoms with van der Waals surface area (Å²) in [5.74, 6) is 0.867. The van der Waals surface area contributed by atoms with E-state index < -0.39 is 0 Å². The Morgan fingerprint density at radius 1 is 1.26 bits per heavy atom. The van der Waals surface area contributed by atoms with E-state index in [1.54, 1.807) is 25.4 Å². The van der Waals surface area contributed by atoms with Crippen LogP contribution in [0.1, 0.15) is 5.56 Å². The van der Waals surface area contributed by atoms with Crippen LogP contribution in [0.3, 0.4) is 0 Å². The van der Waals surface area contributed by atoms with Crippen molar-refractivity contribution in [3.8, 4) is 0 Å². The molecule has 0 atom stereocenters. The fourth-order valence-corrected chi connectivity index (χ4v) is 1.75. The summed E-state index contributed by atoms with van der Waals surface area (Å²) in [6.45, 7) is 0.658. The van der Waals surface area contributed by atoms with Gasteiger partial charge in [0.1, 0.15) is 16.7 Å². The molecule has 2 rings (SSSR count). The second-order valence-electron chi connectivity index (χ2n) is 3.94. The second kappa shape index (κ2) is 6.33. The largest absolute Gasteiger partial charge is 0.368 e. The molecule has 0 fully saturated rings. The fraction of sp³-hybridized carbons (Fsp3) is 0.231. The molecule has 0 unspecified atom stereocenters. The summed E-state index contributed by atoms with van der Waals surface area (Å²) in [5.41, 5.74) is 1.05. The second-order valence-corrected chi connectivity index (χ2v) is 4.35. The minimum absolute atomic E-state index is 0.228. The molecule has 0 aliphatic heterocycles. The zero-order valence-electron chi connectivity index (χ0n) is 10.5. The zero-order chi connectivity index (χ0) is 13.7. The highest BCUT2D eigenvalue weighted by Crippen LogP contribution is 2.19. The lowest BCUT2D eigenvalue weighted by molar-refractivity contribution is 0.627. The lowest BCUT2D eigenvalue weighted by Gasteiger charge is -2.08. The molecule has 19 heavy (non-hydrogen) atoms. The van der Waals surface area contributed by atoms with E-state index in [0.29, 0.717) is 23.3 Å². The molecule has 0 amide bonds. The van der Waals surface area contributed by atoms with Gasteiger partial charge in [0, 0.05) is 13.6 Å². The summed E-state index contributed by atoms with van der Waals surface area (Å²) in [5, 5.41) is 6.45. The van der Waals surface area contributed by atoms with Crippen molar-refractivity contribution in [3.05, 3.63) is 46.9 Å². The molecule has 100 valence electrons. The predicted molar refractivity (Wildman–Crippen MR) is 75.2 cm³/mol. The number of aromatic nitrogens is 2. The molecule has 0 aliphatic carbocycles. The molecule has 0 saturated heterocycles. The molecule has 1 heterocycles. The van der Waals surface area contributed by atoms with Crippen LogP contribution in [0.25, 0.3) is 0 Å². The Morgan fingerprint density at radius 2 is 2.00 bits per heavy atom. The lowest BCUT2D eigenvalue weighted by atomic mass is 10.1. The Hall–Kier alpha value is -1.88. The minimum atomic E-state index is -0.228. The number of benzene rings is 1. The number of halogens is 2. The highest BCUT2D eigenvalue weighted by atomic mass is 35.5. The maximum absolute atomic E-state index is 12.8. The van der Waals surface area contributed by atoms with Gasteiger partial charge >= 0.3 is 0 Å². The van der Waals surface area contributed by atoms with Gasteiger partial charge in [-0.2, -0.15) is 4.98 Å². The van der Waals surface area contributed by atoms with Crippen LogP contribution in [0.15, 0.2) is 30.5 Å². The van der Waals surface area contributed by atoms with Gasteiger partial charge in [0.25, 0.3) is 0 Å². The summed E-state index contributed by atoms with van der Waals surface area (Å²) in [6.07, 6.45) is 2.30. The van der Waals surface area contributed by atoms with E-state index in [0.717, 1.165) is 12.0 Å². The molecule has 6 heteroatoms. The van der Waals surface area contributed by atoms with Crippen LogP contribution < -0.4 is 10.6 Å². The maximum Gasteiger partial charge on any atom is 0.224 e. The average Bonchev–Trinajstić information content (AvgIpc) is 2.43. The Bertz CT molecular complexity index is 545. The number of rotatable bonds is 5. The summed E-state index contributed by atoms with van der Waals surface area (Å²) in [6, 6.07) is 6.42. The van der Waals surface area contributed by atoms with Crippen molar-refractivity contribution in [2.75, 3.05) is 24.2 Å². The first-order valence-corrected chi connectivity index (χ1v) is 6.25. The maximum atomic E-state index is 12.8. The molecule has 0 radical (unpaired) electrons.